The average molecular weight is 865 g/mol. The number of aliphatic carboxylic acids is 1. The Bertz CT molecular complexity index is 2330. The van der Waals surface area contributed by atoms with E-state index in [9.17, 15) is 23.5 Å². The van der Waals surface area contributed by atoms with Crippen molar-refractivity contribution in [2.45, 2.75) is 52.9 Å². The number of nitrogens with two attached hydrogens (primary N) is 1. The maximum absolute atomic E-state index is 14.4. The SMILES string of the molecule is CCN(Cc1cc2c(Nc3cccc(Cl)c3F)ncnc2cc1OC)[C@H](C)C(=O)O.CCN(Cc1cc2c(Nc3cccc(Cl)c3F)ncnc2cc1OC)[C@H](C)C(N)=O. The highest BCUT2D eigenvalue weighted by molar-refractivity contribution is 6.31. The number of methoxy groups -OCH3 is 2. The van der Waals surface area contributed by atoms with Gasteiger partial charge < -0.3 is 30.9 Å². The second-order valence-corrected chi connectivity index (χ2v) is 14.3. The molecule has 1 amide bonds. The molecular formula is C42H45Cl2F2N9O5. The van der Waals surface area contributed by atoms with Gasteiger partial charge in [-0.15, -0.1) is 0 Å². The number of carbonyl (C=O) groups is 2. The highest BCUT2D eigenvalue weighted by Gasteiger charge is 2.23. The Hall–Kier alpha value is -5.94. The standard InChI is InChI=1S/C21H23ClFN5O2.C21H22ClFN4O3/c1-4-28(12(2)20(24)29)10-13-8-14-17(9-18(13)30-3)25-11-26-21(14)27-16-7-5-6-15(22)19(16)23;1-4-27(12(2)21(28)29)10-13-8-14-17(9-18(13)30-3)24-11-25-20(14)26-16-7-5-6-15(22)19(16)23/h5-9,11-12H,4,10H2,1-3H3,(H2,24,29)(H,25,26,27);5-9,11-12H,4,10H2,1-3H3,(H,28,29)(H,24,25,26)/t2*12-/m11/s1. The van der Waals surface area contributed by atoms with Gasteiger partial charge in [0.05, 0.1) is 52.7 Å². The van der Waals surface area contributed by atoms with E-state index in [1.54, 1.807) is 69.4 Å². The molecule has 6 rings (SSSR count). The van der Waals surface area contributed by atoms with Crippen LogP contribution in [0.5, 0.6) is 11.5 Å². The largest absolute Gasteiger partial charge is 0.496 e. The van der Waals surface area contributed by atoms with Crippen LogP contribution in [0, 0.1) is 11.6 Å². The number of carbonyl (C=O) groups excluding carboxylic acids is 1. The number of benzene rings is 4. The zero-order valence-corrected chi connectivity index (χ0v) is 35.3. The summed E-state index contributed by atoms with van der Waals surface area (Å²) in [5.74, 6) is -0.416. The predicted molar refractivity (Wildman–Crippen MR) is 229 cm³/mol. The molecular weight excluding hydrogens is 819 g/mol. The smallest absolute Gasteiger partial charge is 0.320 e. The Morgan fingerprint density at radius 3 is 1.52 bits per heavy atom. The van der Waals surface area contributed by atoms with Crippen LogP contribution >= 0.6 is 23.2 Å². The second kappa shape index (κ2) is 20.4. The van der Waals surface area contributed by atoms with E-state index in [0.29, 0.717) is 71.1 Å². The number of amides is 1. The van der Waals surface area contributed by atoms with Crippen LogP contribution in [0.2, 0.25) is 10.0 Å². The quantitative estimate of drug-likeness (QED) is 0.0730. The Morgan fingerprint density at radius 2 is 1.15 bits per heavy atom. The highest BCUT2D eigenvalue weighted by Crippen LogP contribution is 2.34. The number of anilines is 4. The first-order valence-corrected chi connectivity index (χ1v) is 19.5. The highest BCUT2D eigenvalue weighted by atomic mass is 35.5. The monoisotopic (exact) mass is 863 g/mol. The van der Waals surface area contributed by atoms with E-state index in [1.165, 1.54) is 24.8 Å². The van der Waals surface area contributed by atoms with Gasteiger partial charge in [-0.1, -0.05) is 49.2 Å². The van der Waals surface area contributed by atoms with Crippen molar-refractivity contribution in [3.8, 4) is 11.5 Å². The summed E-state index contributed by atoms with van der Waals surface area (Å²) in [6.45, 7) is 9.18. The van der Waals surface area contributed by atoms with Crippen LogP contribution in [0.3, 0.4) is 0 Å². The van der Waals surface area contributed by atoms with Crippen molar-refractivity contribution in [2.24, 2.45) is 5.73 Å². The van der Waals surface area contributed by atoms with E-state index >= 15 is 0 Å². The number of hydrogen-bond donors (Lipinski definition) is 4. The number of fused-ring (bicyclic) bond motifs is 2. The molecule has 2 aromatic heterocycles. The molecule has 2 atom stereocenters. The van der Waals surface area contributed by atoms with Crippen LogP contribution < -0.4 is 25.8 Å². The molecule has 0 bridgehead atoms. The van der Waals surface area contributed by atoms with E-state index in [1.807, 2.05) is 30.9 Å². The van der Waals surface area contributed by atoms with Gasteiger partial charge in [0.1, 0.15) is 41.8 Å². The fourth-order valence-corrected chi connectivity index (χ4v) is 6.71. The molecule has 0 aliphatic carbocycles. The maximum Gasteiger partial charge on any atom is 0.320 e. The number of nitrogens with one attached hydrogen (secondary N) is 2. The summed E-state index contributed by atoms with van der Waals surface area (Å²) in [7, 11) is 3.11. The minimum absolute atomic E-state index is 0.00182. The number of rotatable bonds is 16. The number of primary amides is 1. The van der Waals surface area contributed by atoms with E-state index in [4.69, 9.17) is 38.4 Å². The Kier molecular flexibility index (Phi) is 15.3. The summed E-state index contributed by atoms with van der Waals surface area (Å²) >= 11 is 11.8. The van der Waals surface area contributed by atoms with Crippen LogP contribution in [-0.2, 0) is 22.7 Å². The van der Waals surface area contributed by atoms with Crippen LogP contribution in [0.25, 0.3) is 21.8 Å². The molecule has 0 saturated carbocycles. The number of hydrogen-bond acceptors (Lipinski definition) is 12. The molecule has 0 radical (unpaired) electrons. The second-order valence-electron chi connectivity index (χ2n) is 13.5. The van der Waals surface area contributed by atoms with Gasteiger partial charge in [-0.25, -0.2) is 28.7 Å². The lowest BCUT2D eigenvalue weighted by molar-refractivity contribution is -0.142. The molecule has 0 aliphatic heterocycles. The molecule has 0 saturated heterocycles. The van der Waals surface area contributed by atoms with E-state index < -0.39 is 35.6 Å². The third-order valence-corrected chi connectivity index (χ3v) is 10.5. The van der Waals surface area contributed by atoms with Crippen molar-refractivity contribution in [3.63, 3.8) is 0 Å². The molecule has 18 heteroatoms. The summed E-state index contributed by atoms with van der Waals surface area (Å²) in [6.07, 6.45) is 2.76. The Balaban J connectivity index is 0.000000228. The first kappa shape index (κ1) is 45.1. The fraction of sp³-hybridized carbons (Fsp3) is 0.286. The van der Waals surface area contributed by atoms with Crippen molar-refractivity contribution < 1.29 is 33.0 Å². The zero-order valence-electron chi connectivity index (χ0n) is 33.8. The third-order valence-electron chi connectivity index (χ3n) is 9.91. The van der Waals surface area contributed by atoms with Gasteiger partial charge in [-0.05, 0) is 63.3 Å². The first-order valence-electron chi connectivity index (χ1n) is 18.8. The number of carboxylic acid groups (broad SMARTS) is 1. The van der Waals surface area contributed by atoms with Gasteiger partial charge >= 0.3 is 5.97 Å². The van der Waals surface area contributed by atoms with Gasteiger partial charge in [0.2, 0.25) is 5.91 Å². The van der Waals surface area contributed by atoms with Crippen molar-refractivity contribution in [2.75, 3.05) is 37.9 Å². The summed E-state index contributed by atoms with van der Waals surface area (Å²) < 4.78 is 39.7. The molecule has 2 heterocycles. The number of halogens is 4. The molecule has 4 aromatic carbocycles. The molecule has 316 valence electrons. The molecule has 0 spiro atoms. The molecule has 0 unspecified atom stereocenters. The fourth-order valence-electron chi connectivity index (χ4n) is 6.36. The number of carboxylic acids is 1. The molecule has 60 heavy (non-hydrogen) atoms. The van der Waals surface area contributed by atoms with Crippen molar-refractivity contribution in [1.82, 2.24) is 29.7 Å². The molecule has 5 N–H and O–H groups in total. The summed E-state index contributed by atoms with van der Waals surface area (Å²) in [6, 6.07) is 15.5. The van der Waals surface area contributed by atoms with E-state index in [2.05, 4.69) is 30.6 Å². The molecule has 0 aliphatic rings. The van der Waals surface area contributed by atoms with Crippen molar-refractivity contribution in [1.29, 1.82) is 0 Å². The van der Waals surface area contributed by atoms with Crippen LogP contribution in [0.15, 0.2) is 73.3 Å². The summed E-state index contributed by atoms with van der Waals surface area (Å²) in [5.41, 5.74) is 8.69. The van der Waals surface area contributed by atoms with Gasteiger partial charge in [0.15, 0.2) is 11.6 Å². The lowest BCUT2D eigenvalue weighted by Crippen LogP contribution is -2.42. The maximum atomic E-state index is 14.4. The zero-order chi connectivity index (χ0) is 43.7. The van der Waals surface area contributed by atoms with Crippen LogP contribution in [0.4, 0.5) is 31.8 Å². The van der Waals surface area contributed by atoms with Crippen LogP contribution in [0.1, 0.15) is 38.8 Å². The van der Waals surface area contributed by atoms with E-state index in [0.717, 1.165) is 11.1 Å². The van der Waals surface area contributed by atoms with Crippen molar-refractivity contribution >= 4 is 79.9 Å². The van der Waals surface area contributed by atoms with Gasteiger partial charge in [-0.2, -0.15) is 0 Å². The molecule has 14 nitrogen and oxygen atoms in total. The number of likely N-dealkylation sites (N-methyl/N-ethyl adjacent to an activating group) is 2. The van der Waals surface area contributed by atoms with Gasteiger partial charge in [0.25, 0.3) is 0 Å². The normalized spacial score (nSPS) is 12.2. The average Bonchev–Trinajstić information content (AvgIpc) is 3.24. The topological polar surface area (TPSA) is 181 Å². The van der Waals surface area contributed by atoms with Crippen molar-refractivity contribution in [3.05, 3.63) is 106 Å². The lowest BCUT2D eigenvalue weighted by Gasteiger charge is -2.26. The molecule has 6 aromatic rings. The Labute approximate surface area is 355 Å². The number of aromatic nitrogens is 4. The minimum Gasteiger partial charge on any atom is -0.496 e. The lowest BCUT2D eigenvalue weighted by atomic mass is 10.1. The van der Waals surface area contributed by atoms with Gasteiger partial charge in [0, 0.05) is 47.1 Å². The third kappa shape index (κ3) is 10.4. The van der Waals surface area contributed by atoms with E-state index in [-0.39, 0.29) is 21.4 Å². The predicted octanol–water partition coefficient (Wildman–Crippen LogP) is 8.34. The Morgan fingerprint density at radius 1 is 0.733 bits per heavy atom. The summed E-state index contributed by atoms with van der Waals surface area (Å²) in [5, 5.41) is 16.7. The number of ether oxygens (including phenoxy) is 2. The van der Waals surface area contributed by atoms with Crippen LogP contribution in [-0.4, -0.2) is 86.1 Å². The molecule has 0 fully saturated rings. The summed E-state index contributed by atoms with van der Waals surface area (Å²) in [4.78, 5) is 43.9. The first-order chi connectivity index (χ1) is 28.7. The minimum atomic E-state index is -0.904. The number of nitrogens with zero attached hydrogens (tertiary/aromatic N) is 6. The van der Waals surface area contributed by atoms with Gasteiger partial charge in [-0.3, -0.25) is 19.4 Å².